The number of hydrogen-bond donors (Lipinski definition) is 1. The van der Waals surface area contributed by atoms with E-state index in [2.05, 4.69) is 48.9 Å². The van der Waals surface area contributed by atoms with Crippen LogP contribution in [0.1, 0.15) is 68.6 Å². The van der Waals surface area contributed by atoms with Gasteiger partial charge in [0, 0.05) is 29.7 Å². The first-order valence-electron chi connectivity index (χ1n) is 11.6. The normalized spacial score (nSPS) is 16.0. The second-order valence-electron chi connectivity index (χ2n) is 9.39. The summed E-state index contributed by atoms with van der Waals surface area (Å²) >= 11 is 6.38. The van der Waals surface area contributed by atoms with Gasteiger partial charge in [0.25, 0.3) is 5.56 Å². The number of likely N-dealkylation sites (tertiary alicyclic amines) is 1. The van der Waals surface area contributed by atoms with Gasteiger partial charge in [0.05, 0.1) is 5.69 Å². The molecule has 0 saturated carbocycles. The van der Waals surface area contributed by atoms with Gasteiger partial charge in [-0.05, 0) is 86.5 Å². The Morgan fingerprint density at radius 3 is 2.58 bits per heavy atom. The zero-order valence-corrected chi connectivity index (χ0v) is 20.1. The Hall–Kier alpha value is -2.04. The number of aromatic amines is 1. The van der Waals surface area contributed by atoms with Gasteiger partial charge < -0.3 is 14.5 Å². The van der Waals surface area contributed by atoms with E-state index < -0.39 is 0 Å². The molecular weight excluding hydrogens is 406 g/mol. The van der Waals surface area contributed by atoms with E-state index in [1.807, 2.05) is 13.1 Å². The smallest absolute Gasteiger partial charge is 0.269 e. The predicted octanol–water partition coefficient (Wildman–Crippen LogP) is 6.21. The van der Waals surface area contributed by atoms with E-state index in [4.69, 9.17) is 11.6 Å². The summed E-state index contributed by atoms with van der Waals surface area (Å²) in [4.78, 5) is 18.5. The van der Waals surface area contributed by atoms with Crippen LogP contribution in [0.15, 0.2) is 29.2 Å². The molecule has 1 aromatic carbocycles. The summed E-state index contributed by atoms with van der Waals surface area (Å²) in [7, 11) is 1.76. The van der Waals surface area contributed by atoms with Crippen molar-refractivity contribution in [3.05, 3.63) is 56.5 Å². The first-order chi connectivity index (χ1) is 14.8. The number of nitrogens with zero attached hydrogens (tertiary/aromatic N) is 2. The molecule has 0 bridgehead atoms. The van der Waals surface area contributed by atoms with E-state index in [0.29, 0.717) is 16.9 Å². The Labute approximate surface area is 190 Å². The first kappa shape index (κ1) is 22.2. The predicted molar refractivity (Wildman–Crippen MR) is 132 cm³/mol. The summed E-state index contributed by atoms with van der Waals surface area (Å²) in [5.41, 5.74) is 6.67. The van der Waals surface area contributed by atoms with Crippen LogP contribution in [0.3, 0.4) is 0 Å². The topological polar surface area (TPSA) is 41.0 Å². The molecule has 0 radical (unpaired) electrons. The maximum atomic E-state index is 12.3. The number of aryl methyl sites for hydroxylation is 1. The van der Waals surface area contributed by atoms with E-state index in [0.717, 1.165) is 22.3 Å². The monoisotopic (exact) mass is 439 g/mol. The first-order valence-corrected chi connectivity index (χ1v) is 11.9. The molecule has 31 heavy (non-hydrogen) atoms. The molecule has 1 saturated heterocycles. The van der Waals surface area contributed by atoms with Gasteiger partial charge in [0.15, 0.2) is 0 Å². The van der Waals surface area contributed by atoms with Gasteiger partial charge in [-0.2, -0.15) is 0 Å². The van der Waals surface area contributed by atoms with Crippen LogP contribution in [0.2, 0.25) is 5.02 Å². The molecule has 1 aliphatic rings. The Bertz CT molecular complexity index is 1150. The molecule has 4 nitrogen and oxygen atoms in total. The summed E-state index contributed by atoms with van der Waals surface area (Å²) in [6, 6.07) is 6.94. The van der Waals surface area contributed by atoms with Crippen LogP contribution in [0.25, 0.3) is 22.2 Å². The molecule has 0 aliphatic carbocycles. The van der Waals surface area contributed by atoms with E-state index in [1.165, 1.54) is 55.4 Å². The summed E-state index contributed by atoms with van der Waals surface area (Å²) in [6.07, 6.45) is 5.60. The zero-order chi connectivity index (χ0) is 22.3. The van der Waals surface area contributed by atoms with Crippen LogP contribution < -0.4 is 5.56 Å². The van der Waals surface area contributed by atoms with Crippen molar-refractivity contribution in [2.75, 3.05) is 19.6 Å². The molecule has 0 spiro atoms. The van der Waals surface area contributed by atoms with E-state index in [9.17, 15) is 4.79 Å². The quantitative estimate of drug-likeness (QED) is 0.513. The third-order valence-electron chi connectivity index (χ3n) is 6.87. The maximum Gasteiger partial charge on any atom is 0.269 e. The molecule has 5 heteroatoms. The average Bonchev–Trinajstić information content (AvgIpc) is 3.14. The van der Waals surface area contributed by atoms with Crippen molar-refractivity contribution in [1.29, 1.82) is 0 Å². The van der Waals surface area contributed by atoms with Gasteiger partial charge >= 0.3 is 0 Å². The lowest BCUT2D eigenvalue weighted by Crippen LogP contribution is -2.33. The molecular formula is C26H34ClN3O. The number of hydrogen-bond acceptors (Lipinski definition) is 2. The number of benzene rings is 1. The molecule has 1 aliphatic heterocycles. The standard InChI is InChI=1S/C26H34ClN3O/c1-6-11-30-12-9-18(10-13-30)19-7-8-22-20(14-19)23(16(2)3)25(28-22)21-15-29(5)26(31)24(27)17(21)4/h7-8,14-16,18,28H,6,9-13H2,1-5H3. The minimum absolute atomic E-state index is 0.151. The number of rotatable bonds is 5. The highest BCUT2D eigenvalue weighted by atomic mass is 35.5. The van der Waals surface area contributed by atoms with Crippen LogP contribution in [0, 0.1) is 6.92 Å². The SMILES string of the molecule is CCCN1CCC(c2ccc3[nH]c(-c4cn(C)c(=O)c(Cl)c4C)c(C(C)C)c3c2)CC1. The minimum Gasteiger partial charge on any atom is -0.354 e. The highest BCUT2D eigenvalue weighted by molar-refractivity contribution is 6.31. The second-order valence-corrected chi connectivity index (χ2v) is 9.77. The van der Waals surface area contributed by atoms with Gasteiger partial charge in [-0.3, -0.25) is 4.79 Å². The van der Waals surface area contributed by atoms with Gasteiger partial charge in [-0.25, -0.2) is 0 Å². The van der Waals surface area contributed by atoms with Crippen LogP contribution in [0.5, 0.6) is 0 Å². The zero-order valence-electron chi connectivity index (χ0n) is 19.4. The van der Waals surface area contributed by atoms with Crippen LogP contribution in [0.4, 0.5) is 0 Å². The molecule has 2 aromatic heterocycles. The van der Waals surface area contributed by atoms with Crippen molar-refractivity contribution in [2.45, 2.75) is 58.8 Å². The third-order valence-corrected chi connectivity index (χ3v) is 7.32. The Balaban J connectivity index is 1.78. The average molecular weight is 440 g/mol. The van der Waals surface area contributed by atoms with Crippen molar-refractivity contribution in [3.8, 4) is 11.3 Å². The second kappa shape index (κ2) is 8.84. The number of halogens is 1. The molecule has 1 fully saturated rings. The van der Waals surface area contributed by atoms with Crippen LogP contribution >= 0.6 is 11.6 Å². The van der Waals surface area contributed by atoms with Crippen molar-refractivity contribution in [1.82, 2.24) is 14.5 Å². The summed E-state index contributed by atoms with van der Waals surface area (Å²) in [5, 5.41) is 1.59. The van der Waals surface area contributed by atoms with Gasteiger partial charge in [0.2, 0.25) is 0 Å². The summed E-state index contributed by atoms with van der Waals surface area (Å²) in [6.45, 7) is 12.3. The Morgan fingerprint density at radius 1 is 1.23 bits per heavy atom. The van der Waals surface area contributed by atoms with Crippen molar-refractivity contribution in [2.24, 2.45) is 7.05 Å². The summed E-state index contributed by atoms with van der Waals surface area (Å²) < 4.78 is 1.58. The van der Waals surface area contributed by atoms with Crippen molar-refractivity contribution in [3.63, 3.8) is 0 Å². The fourth-order valence-electron chi connectivity index (χ4n) is 5.14. The number of piperidine rings is 1. The van der Waals surface area contributed by atoms with Crippen molar-refractivity contribution >= 4 is 22.5 Å². The van der Waals surface area contributed by atoms with Crippen LogP contribution in [-0.2, 0) is 7.05 Å². The molecule has 166 valence electrons. The Morgan fingerprint density at radius 2 is 1.94 bits per heavy atom. The van der Waals surface area contributed by atoms with Crippen LogP contribution in [-0.4, -0.2) is 34.1 Å². The number of aromatic nitrogens is 2. The minimum atomic E-state index is -0.151. The number of nitrogens with one attached hydrogen (secondary N) is 1. The fourth-order valence-corrected chi connectivity index (χ4v) is 5.37. The van der Waals surface area contributed by atoms with Gasteiger partial charge in [-0.15, -0.1) is 0 Å². The van der Waals surface area contributed by atoms with E-state index >= 15 is 0 Å². The Kier molecular flexibility index (Phi) is 6.32. The highest BCUT2D eigenvalue weighted by Crippen LogP contribution is 2.39. The molecule has 1 N–H and O–H groups in total. The number of fused-ring (bicyclic) bond motifs is 1. The molecule has 0 amide bonds. The molecule has 0 unspecified atom stereocenters. The number of pyridine rings is 1. The van der Waals surface area contributed by atoms with E-state index in [-0.39, 0.29) is 5.56 Å². The van der Waals surface area contributed by atoms with Gasteiger partial charge in [0.1, 0.15) is 5.02 Å². The van der Waals surface area contributed by atoms with E-state index in [1.54, 1.807) is 11.6 Å². The largest absolute Gasteiger partial charge is 0.354 e. The fraction of sp³-hybridized carbons (Fsp3) is 0.500. The third kappa shape index (κ3) is 4.08. The summed E-state index contributed by atoms with van der Waals surface area (Å²) in [5.74, 6) is 0.977. The molecule has 0 atom stereocenters. The lowest BCUT2D eigenvalue weighted by Gasteiger charge is -2.32. The van der Waals surface area contributed by atoms with Crippen molar-refractivity contribution < 1.29 is 0 Å². The lowest BCUT2D eigenvalue weighted by atomic mass is 9.87. The number of H-pyrrole nitrogens is 1. The maximum absolute atomic E-state index is 12.3. The highest BCUT2D eigenvalue weighted by Gasteiger charge is 2.23. The van der Waals surface area contributed by atoms with Gasteiger partial charge in [-0.1, -0.05) is 38.4 Å². The molecule has 4 rings (SSSR count). The molecule has 3 heterocycles. The lowest BCUT2D eigenvalue weighted by molar-refractivity contribution is 0.213. The molecule has 3 aromatic rings.